The van der Waals surface area contributed by atoms with Crippen LogP contribution in [-0.2, 0) is 16.6 Å². The molecule has 40 heavy (non-hydrogen) atoms. The summed E-state index contributed by atoms with van der Waals surface area (Å²) in [6.45, 7) is 8.53. The van der Waals surface area contributed by atoms with Crippen molar-refractivity contribution in [1.82, 2.24) is 20.1 Å². The summed E-state index contributed by atoms with van der Waals surface area (Å²) < 4.78 is 0. The van der Waals surface area contributed by atoms with Gasteiger partial charge in [-0.15, -0.1) is 11.3 Å². The van der Waals surface area contributed by atoms with Crippen LogP contribution in [-0.4, -0.2) is 92.0 Å². The molecule has 0 aromatic carbocycles. The van der Waals surface area contributed by atoms with E-state index in [2.05, 4.69) is 51.1 Å². The number of anilines is 3. The number of aromatic nitrogens is 1. The summed E-state index contributed by atoms with van der Waals surface area (Å²) in [6.07, 6.45) is 4.55. The molecule has 1 amide bonds. The highest BCUT2D eigenvalue weighted by molar-refractivity contribution is 7.16. The van der Waals surface area contributed by atoms with Crippen molar-refractivity contribution in [2.24, 2.45) is 0 Å². The maximum Gasteiger partial charge on any atom is 0.236 e. The lowest BCUT2D eigenvalue weighted by Crippen LogP contribution is -2.54. The lowest BCUT2D eigenvalue weighted by Gasteiger charge is -2.42. The number of pyridine rings is 1. The van der Waals surface area contributed by atoms with Gasteiger partial charge in [0.1, 0.15) is 22.6 Å². The predicted molar refractivity (Wildman–Crippen MR) is 159 cm³/mol. The molecule has 11 heteroatoms. The quantitative estimate of drug-likeness (QED) is 0.383. The van der Waals surface area contributed by atoms with Crippen molar-refractivity contribution in [2.45, 2.75) is 50.0 Å². The molecular formula is C29H39N9OS. The number of aryl methyl sites for hydroxylation is 1. The number of amidine groups is 1. The average Bonchev–Trinajstić information content (AvgIpc) is 3.60. The number of nitriles is 1. The number of likely N-dealkylation sites (N-methyl/N-ethyl adjacent to an activating group) is 2. The lowest BCUT2D eigenvalue weighted by molar-refractivity contribution is -0.125. The van der Waals surface area contributed by atoms with E-state index in [0.717, 1.165) is 93.4 Å². The largest absolute Gasteiger partial charge is 0.389 e. The smallest absolute Gasteiger partial charge is 0.236 e. The minimum absolute atomic E-state index is 0.00346. The topological polar surface area (TPSA) is 129 Å². The molecule has 1 saturated carbocycles. The van der Waals surface area contributed by atoms with E-state index in [9.17, 15) is 10.1 Å². The second-order valence-electron chi connectivity index (χ2n) is 12.2. The van der Waals surface area contributed by atoms with Crippen molar-refractivity contribution in [1.29, 1.82) is 10.7 Å². The maximum atomic E-state index is 13.8. The van der Waals surface area contributed by atoms with Crippen molar-refractivity contribution in [3.05, 3.63) is 33.8 Å². The van der Waals surface area contributed by atoms with E-state index in [4.69, 9.17) is 16.1 Å². The molecule has 2 saturated heterocycles. The molecule has 6 rings (SSSR count). The Kier molecular flexibility index (Phi) is 6.76. The van der Waals surface area contributed by atoms with Crippen molar-refractivity contribution in [2.75, 3.05) is 75.4 Å². The Bertz CT molecular complexity index is 1380. The van der Waals surface area contributed by atoms with Gasteiger partial charge in [-0.25, -0.2) is 4.98 Å². The molecule has 212 valence electrons. The van der Waals surface area contributed by atoms with Crippen LogP contribution in [0.1, 0.15) is 54.3 Å². The first-order chi connectivity index (χ1) is 19.1. The zero-order valence-electron chi connectivity index (χ0n) is 23.7. The van der Waals surface area contributed by atoms with Gasteiger partial charge in [-0.05, 0) is 59.2 Å². The Balaban J connectivity index is 1.32. The van der Waals surface area contributed by atoms with Gasteiger partial charge in [0, 0.05) is 68.0 Å². The molecule has 4 heterocycles. The number of hydrogen-bond acceptors (Lipinski definition) is 10. The van der Waals surface area contributed by atoms with E-state index >= 15 is 0 Å². The van der Waals surface area contributed by atoms with Crippen LogP contribution in [0.3, 0.4) is 0 Å². The van der Waals surface area contributed by atoms with E-state index in [-0.39, 0.29) is 17.3 Å². The van der Waals surface area contributed by atoms with Gasteiger partial charge >= 0.3 is 0 Å². The first-order valence-corrected chi connectivity index (χ1v) is 15.1. The fourth-order valence-corrected chi connectivity index (χ4v) is 7.95. The van der Waals surface area contributed by atoms with Crippen LogP contribution in [0.25, 0.3) is 0 Å². The summed E-state index contributed by atoms with van der Waals surface area (Å²) in [5, 5.41) is 22.2. The number of nitrogens with two attached hydrogens (primary N) is 1. The Labute approximate surface area is 240 Å². The molecule has 4 aliphatic rings. The molecular weight excluding hydrogens is 522 g/mol. The molecule has 10 nitrogen and oxygen atoms in total. The minimum Gasteiger partial charge on any atom is -0.389 e. The van der Waals surface area contributed by atoms with Crippen molar-refractivity contribution < 1.29 is 4.79 Å². The number of fused-ring (bicyclic) bond motifs is 1. The summed E-state index contributed by atoms with van der Waals surface area (Å²) in [6, 6.07) is 6.35. The number of thiophene rings is 1. The van der Waals surface area contributed by atoms with Gasteiger partial charge in [0.25, 0.3) is 0 Å². The number of nitrogens with zero attached hydrogens (tertiary/aromatic N) is 6. The fraction of sp³-hybridized carbons (Fsp3) is 0.586. The number of carbonyl (C=O) groups is 1. The zero-order chi connectivity index (χ0) is 28.2. The molecule has 2 aromatic rings. The molecule has 1 spiro atoms. The summed E-state index contributed by atoms with van der Waals surface area (Å²) in [7, 11) is 4.32. The van der Waals surface area contributed by atoms with E-state index in [1.54, 1.807) is 0 Å². The molecule has 4 N–H and O–H groups in total. The maximum absolute atomic E-state index is 13.8. The second kappa shape index (κ2) is 10.0. The van der Waals surface area contributed by atoms with E-state index < -0.39 is 5.41 Å². The number of hydrogen-bond donors (Lipinski definition) is 3. The first kappa shape index (κ1) is 27.0. The third-order valence-electron chi connectivity index (χ3n) is 9.36. The van der Waals surface area contributed by atoms with Gasteiger partial charge in [-0.1, -0.05) is 0 Å². The van der Waals surface area contributed by atoms with Gasteiger partial charge in [0.15, 0.2) is 5.84 Å². The number of rotatable bonds is 4. The monoisotopic (exact) mass is 561 g/mol. The van der Waals surface area contributed by atoms with Gasteiger partial charge in [-0.3, -0.25) is 10.2 Å². The van der Waals surface area contributed by atoms with Crippen molar-refractivity contribution in [3.8, 4) is 6.07 Å². The Hall–Kier alpha value is -3.20. The lowest BCUT2D eigenvalue weighted by atomic mass is 9.72. The number of nitrogen functional groups attached to an aromatic ring is 1. The Morgan fingerprint density at radius 2 is 1.85 bits per heavy atom. The number of carbonyl (C=O) groups excluding carboxylic acids is 1. The molecule has 1 atom stereocenters. The van der Waals surface area contributed by atoms with Crippen LogP contribution in [0.5, 0.6) is 0 Å². The van der Waals surface area contributed by atoms with Crippen LogP contribution < -0.4 is 20.9 Å². The molecule has 2 aliphatic carbocycles. The number of nitrogens with one attached hydrogen (secondary N) is 2. The second-order valence-corrected chi connectivity index (χ2v) is 13.4. The van der Waals surface area contributed by atoms with Crippen LogP contribution in [0.2, 0.25) is 0 Å². The third-order valence-corrected chi connectivity index (χ3v) is 10.4. The van der Waals surface area contributed by atoms with Crippen molar-refractivity contribution in [3.63, 3.8) is 0 Å². The Morgan fingerprint density at radius 1 is 1.12 bits per heavy atom. The van der Waals surface area contributed by atoms with E-state index in [1.165, 1.54) is 11.3 Å². The van der Waals surface area contributed by atoms with Crippen molar-refractivity contribution >= 4 is 39.6 Å². The Morgan fingerprint density at radius 3 is 2.55 bits per heavy atom. The zero-order valence-corrected chi connectivity index (χ0v) is 24.5. The first-order valence-electron chi connectivity index (χ1n) is 14.3. The third kappa shape index (κ3) is 4.62. The summed E-state index contributed by atoms with van der Waals surface area (Å²) in [5.74, 6) is 0.607. The van der Waals surface area contributed by atoms with Crippen LogP contribution in [0.4, 0.5) is 16.5 Å². The fourth-order valence-electron chi connectivity index (χ4n) is 6.76. The van der Waals surface area contributed by atoms with Gasteiger partial charge in [0.2, 0.25) is 5.91 Å². The van der Waals surface area contributed by atoms with Gasteiger partial charge in [-0.2, -0.15) is 5.26 Å². The molecule has 3 fully saturated rings. The summed E-state index contributed by atoms with van der Waals surface area (Å²) in [5.41, 5.74) is 8.01. The number of amides is 1. The molecule has 2 aromatic heterocycles. The minimum atomic E-state index is -0.924. The highest BCUT2D eigenvalue weighted by Gasteiger charge is 2.51. The van der Waals surface area contributed by atoms with Crippen LogP contribution >= 0.6 is 11.3 Å². The normalized spacial score (nSPS) is 24.4. The molecule has 0 bridgehead atoms. The number of piperazine rings is 2. The molecule has 0 radical (unpaired) electrons. The standard InChI is InChI=1S/C29H39N9OS/c1-28(6-4-5-22-24(28)20(17-30)26(32)40-22)27(39)34-25(31)21-15-19(37-12-9-35(2)10-13-37)16-23(33-21)38-14-11-36(3)18-29(38)7-8-29/h15-16H,4-14,18,32H2,1-3H3,(H2,31,34,39). The summed E-state index contributed by atoms with van der Waals surface area (Å²) >= 11 is 1.41. The molecule has 2 aliphatic heterocycles. The highest BCUT2D eigenvalue weighted by atomic mass is 32.1. The highest BCUT2D eigenvalue weighted by Crippen LogP contribution is 2.47. The van der Waals surface area contributed by atoms with E-state index in [0.29, 0.717) is 22.7 Å². The molecule has 1 unspecified atom stereocenters. The van der Waals surface area contributed by atoms with Gasteiger partial charge < -0.3 is 30.7 Å². The SMILES string of the molecule is CN1CCN(c2cc(C(=N)NC(=O)C3(C)CCCc4sc(N)c(C#N)c43)nc(N3CCN(C)CC34CC4)c2)CC1. The van der Waals surface area contributed by atoms with Gasteiger partial charge in [0.05, 0.1) is 16.5 Å². The van der Waals surface area contributed by atoms with Crippen LogP contribution in [0.15, 0.2) is 12.1 Å². The summed E-state index contributed by atoms with van der Waals surface area (Å²) in [4.78, 5) is 29.4. The van der Waals surface area contributed by atoms with E-state index in [1.807, 2.05) is 13.0 Å². The predicted octanol–water partition coefficient (Wildman–Crippen LogP) is 2.37. The van der Waals surface area contributed by atoms with Crippen LogP contribution in [0, 0.1) is 16.7 Å². The average molecular weight is 562 g/mol.